The summed E-state index contributed by atoms with van der Waals surface area (Å²) in [6.45, 7) is 0. The molecule has 1 heterocycles. The predicted molar refractivity (Wildman–Crippen MR) is 58.0 cm³/mol. The summed E-state index contributed by atoms with van der Waals surface area (Å²) in [4.78, 5) is 0. The van der Waals surface area contributed by atoms with Crippen molar-refractivity contribution in [3.05, 3.63) is 59.4 Å². The molecule has 0 amide bonds. The molecule has 1 heteroatoms. The average molecular weight is 183 g/mol. The van der Waals surface area contributed by atoms with Crippen LogP contribution in [0.5, 0.6) is 5.75 Å². The first-order chi connectivity index (χ1) is 6.93. The van der Waals surface area contributed by atoms with Crippen molar-refractivity contribution >= 4 is 6.08 Å². The van der Waals surface area contributed by atoms with Crippen LogP contribution in [0.1, 0.15) is 13.4 Å². The van der Waals surface area contributed by atoms with Gasteiger partial charge >= 0.3 is 1.43 Å². The fourth-order valence-electron chi connectivity index (χ4n) is 1.79. The maximum atomic E-state index is 5.78. The first kappa shape index (κ1) is 7.63. The van der Waals surface area contributed by atoms with Crippen LogP contribution in [0.3, 0.4) is 0 Å². The highest BCUT2D eigenvalue weighted by Crippen LogP contribution is 2.34. The predicted octanol–water partition coefficient (Wildman–Crippen LogP) is 3.42. The second-order valence-corrected chi connectivity index (χ2v) is 3.47. The maximum absolute atomic E-state index is 5.78. The molecule has 0 radical (unpaired) electrons. The van der Waals surface area contributed by atoms with Gasteiger partial charge in [-0.2, -0.15) is 0 Å². The molecule has 1 aromatic carbocycles. The third-order valence-corrected chi connectivity index (χ3v) is 2.51. The minimum Gasteiger partial charge on any atom is -0.456 e. The van der Waals surface area contributed by atoms with Crippen molar-refractivity contribution in [2.45, 2.75) is 6.42 Å². The Hall–Kier alpha value is -1.76. The van der Waals surface area contributed by atoms with Gasteiger partial charge in [-0.15, -0.1) is 0 Å². The highest BCUT2D eigenvalue weighted by molar-refractivity contribution is 5.67. The zero-order chi connectivity index (χ0) is 9.38. The van der Waals surface area contributed by atoms with Gasteiger partial charge in [0.1, 0.15) is 11.5 Å². The third kappa shape index (κ3) is 1.10. The summed E-state index contributed by atoms with van der Waals surface area (Å²) in [7, 11) is 0. The fraction of sp³-hybridized carbons (Fsp3) is 0.0769. The van der Waals surface area contributed by atoms with Crippen LogP contribution in [0.4, 0.5) is 0 Å². The molecule has 1 aromatic rings. The maximum Gasteiger partial charge on any atom is 1.00 e. The first-order valence-corrected chi connectivity index (χ1v) is 4.78. The topological polar surface area (TPSA) is 9.23 Å². The largest absolute Gasteiger partial charge is 1.00 e. The summed E-state index contributed by atoms with van der Waals surface area (Å²) in [6, 6.07) is 8.11. The molecular weight excluding hydrogens is 172 g/mol. The Morgan fingerprint density at radius 1 is 1.21 bits per heavy atom. The van der Waals surface area contributed by atoms with Crippen LogP contribution in [0.25, 0.3) is 6.08 Å². The number of ether oxygens (including phenoxy) is 1. The Kier molecular flexibility index (Phi) is 1.57. The Morgan fingerprint density at radius 3 is 3.14 bits per heavy atom. The van der Waals surface area contributed by atoms with Crippen molar-refractivity contribution in [1.29, 1.82) is 0 Å². The number of para-hydroxylation sites is 1. The lowest BCUT2D eigenvalue weighted by Crippen LogP contribution is -2.06. The van der Waals surface area contributed by atoms with Crippen LogP contribution in [0, 0.1) is 0 Å². The number of allylic oxidation sites excluding steroid dienone is 4. The summed E-state index contributed by atoms with van der Waals surface area (Å²) < 4.78 is 5.78. The van der Waals surface area contributed by atoms with Gasteiger partial charge in [-0.25, -0.2) is 0 Å². The van der Waals surface area contributed by atoms with Crippen LogP contribution in [0.2, 0.25) is 0 Å². The van der Waals surface area contributed by atoms with Crippen LogP contribution < -0.4 is 4.74 Å². The summed E-state index contributed by atoms with van der Waals surface area (Å²) in [5.74, 6) is 1.95. The van der Waals surface area contributed by atoms with E-state index in [0.29, 0.717) is 0 Å². The number of benzene rings is 1. The van der Waals surface area contributed by atoms with E-state index in [4.69, 9.17) is 4.74 Å². The summed E-state index contributed by atoms with van der Waals surface area (Å²) in [5.41, 5.74) is 2.45. The molecule has 0 saturated carbocycles. The lowest BCUT2D eigenvalue weighted by Gasteiger charge is -2.21. The Balaban J connectivity index is 0.000000853. The lowest BCUT2D eigenvalue weighted by atomic mass is 9.99. The van der Waals surface area contributed by atoms with Crippen molar-refractivity contribution in [3.8, 4) is 5.75 Å². The monoisotopic (exact) mass is 183 g/mol. The first-order valence-electron chi connectivity index (χ1n) is 4.78. The highest BCUT2D eigenvalue weighted by Gasteiger charge is 2.16. The molecule has 1 nitrogen and oxygen atoms in total. The molecule has 0 bridgehead atoms. The Labute approximate surface area is 84.5 Å². The van der Waals surface area contributed by atoms with E-state index in [1.165, 1.54) is 11.1 Å². The van der Waals surface area contributed by atoms with Crippen molar-refractivity contribution in [2.75, 3.05) is 0 Å². The molecule has 0 fully saturated rings. The molecule has 0 spiro atoms. The highest BCUT2D eigenvalue weighted by atomic mass is 16.5. The van der Waals surface area contributed by atoms with Gasteiger partial charge in [0.15, 0.2) is 0 Å². The van der Waals surface area contributed by atoms with E-state index in [0.717, 1.165) is 17.9 Å². The van der Waals surface area contributed by atoms with Gasteiger partial charge in [0.05, 0.1) is 0 Å². The van der Waals surface area contributed by atoms with Crippen LogP contribution in [0.15, 0.2) is 53.8 Å². The Morgan fingerprint density at radius 2 is 2.14 bits per heavy atom. The van der Waals surface area contributed by atoms with E-state index in [1.807, 2.05) is 30.4 Å². The van der Waals surface area contributed by atoms with Gasteiger partial charge in [0, 0.05) is 5.56 Å². The molecular formula is C13H11O+. The molecule has 0 N–H and O–H groups in total. The van der Waals surface area contributed by atoms with Crippen LogP contribution >= 0.6 is 0 Å². The Bertz CT molecular complexity index is 469. The molecule has 0 unspecified atom stereocenters. The number of fused-ring (bicyclic) bond motifs is 2. The molecule has 0 aromatic heterocycles. The number of hydrogen-bond acceptors (Lipinski definition) is 1. The molecule has 1 aliphatic carbocycles. The minimum atomic E-state index is 0. The van der Waals surface area contributed by atoms with Gasteiger partial charge in [-0.3, -0.25) is 0 Å². The van der Waals surface area contributed by atoms with E-state index in [9.17, 15) is 0 Å². The smallest absolute Gasteiger partial charge is 0.456 e. The van der Waals surface area contributed by atoms with E-state index < -0.39 is 0 Å². The van der Waals surface area contributed by atoms with Crippen molar-refractivity contribution in [3.63, 3.8) is 0 Å². The molecule has 2 aliphatic rings. The molecule has 3 rings (SSSR count). The lowest BCUT2D eigenvalue weighted by molar-refractivity contribution is 0.428. The van der Waals surface area contributed by atoms with E-state index in [2.05, 4.69) is 18.2 Å². The third-order valence-electron chi connectivity index (χ3n) is 2.51. The molecule has 14 heavy (non-hydrogen) atoms. The average Bonchev–Trinajstić information content (AvgIpc) is 2.26. The summed E-state index contributed by atoms with van der Waals surface area (Å²) in [6.07, 6.45) is 9.38. The number of hydrogen-bond donors (Lipinski definition) is 0. The molecule has 0 saturated heterocycles. The standard InChI is InChI=1S/C13H10O/c1-3-7-12-10(5-1)9-11-6-2-4-8-13(11)14-12/h1-5,7-9H,6H2/p+1. The fourth-order valence-corrected chi connectivity index (χ4v) is 1.79. The van der Waals surface area contributed by atoms with Gasteiger partial charge in [0.25, 0.3) is 0 Å². The van der Waals surface area contributed by atoms with Gasteiger partial charge in [0.2, 0.25) is 0 Å². The molecule has 1 aliphatic heterocycles. The zero-order valence-electron chi connectivity index (χ0n) is 8.73. The van der Waals surface area contributed by atoms with Crippen molar-refractivity contribution in [2.24, 2.45) is 0 Å². The van der Waals surface area contributed by atoms with E-state index >= 15 is 0 Å². The summed E-state index contributed by atoms with van der Waals surface area (Å²) in [5, 5.41) is 0. The van der Waals surface area contributed by atoms with Crippen molar-refractivity contribution in [1.82, 2.24) is 0 Å². The van der Waals surface area contributed by atoms with Crippen LogP contribution in [-0.4, -0.2) is 0 Å². The molecule has 0 atom stereocenters. The zero-order valence-corrected chi connectivity index (χ0v) is 7.73. The summed E-state index contributed by atoms with van der Waals surface area (Å²) >= 11 is 0. The van der Waals surface area contributed by atoms with Gasteiger partial charge in [-0.05, 0) is 30.2 Å². The molecule has 68 valence electrons. The normalized spacial score (nSPS) is 17.4. The SMILES string of the molecule is C1=CCC2=Cc3ccccc3OC2=C1.[H+]. The van der Waals surface area contributed by atoms with Gasteiger partial charge < -0.3 is 4.74 Å². The van der Waals surface area contributed by atoms with E-state index in [1.54, 1.807) is 0 Å². The second kappa shape index (κ2) is 2.88. The quantitative estimate of drug-likeness (QED) is 0.598. The second-order valence-electron chi connectivity index (χ2n) is 3.47. The van der Waals surface area contributed by atoms with Crippen molar-refractivity contribution < 1.29 is 6.16 Å². The van der Waals surface area contributed by atoms with Gasteiger partial charge in [-0.1, -0.05) is 30.4 Å². The van der Waals surface area contributed by atoms with Crippen LogP contribution in [-0.2, 0) is 0 Å². The van der Waals surface area contributed by atoms with E-state index in [-0.39, 0.29) is 1.43 Å². The minimum absolute atomic E-state index is 0. The number of rotatable bonds is 0.